The first-order valence-corrected chi connectivity index (χ1v) is 7.73. The number of hydrogen-bond donors (Lipinski definition) is 1. The maximum Gasteiger partial charge on any atom is 0.244 e. The highest BCUT2D eigenvalue weighted by molar-refractivity contribution is 7.89. The van der Waals surface area contributed by atoms with Crippen LogP contribution in [0.2, 0.25) is 10.0 Å². The zero-order valence-corrected chi connectivity index (χ0v) is 12.1. The fourth-order valence-electron chi connectivity index (χ4n) is 1.86. The summed E-state index contributed by atoms with van der Waals surface area (Å²) in [5.74, 6) is 0. The van der Waals surface area contributed by atoms with Gasteiger partial charge in [0.15, 0.2) is 0 Å². The Balaban J connectivity index is 2.41. The molecule has 0 bridgehead atoms. The van der Waals surface area contributed by atoms with E-state index < -0.39 is 16.1 Å². The highest BCUT2D eigenvalue weighted by Crippen LogP contribution is 2.27. The van der Waals surface area contributed by atoms with Gasteiger partial charge in [-0.25, -0.2) is 8.42 Å². The van der Waals surface area contributed by atoms with Crippen molar-refractivity contribution in [3.8, 4) is 6.07 Å². The van der Waals surface area contributed by atoms with Gasteiger partial charge >= 0.3 is 0 Å². The SMILES string of the molecule is N#CC1CNCCN1S(=O)(=O)c1ccc(Cl)c(Cl)c1. The largest absolute Gasteiger partial charge is 0.313 e. The lowest BCUT2D eigenvalue weighted by atomic mass is 10.3. The summed E-state index contributed by atoms with van der Waals surface area (Å²) in [4.78, 5) is 0.0454. The fraction of sp³-hybridized carbons (Fsp3) is 0.364. The molecule has 0 aliphatic carbocycles. The van der Waals surface area contributed by atoms with E-state index in [0.717, 1.165) is 0 Å². The van der Waals surface area contributed by atoms with Gasteiger partial charge in [-0.15, -0.1) is 0 Å². The van der Waals surface area contributed by atoms with Gasteiger partial charge in [-0.2, -0.15) is 9.57 Å². The quantitative estimate of drug-likeness (QED) is 0.896. The third-order valence-corrected chi connectivity index (χ3v) is 5.48. The molecule has 1 N–H and O–H groups in total. The van der Waals surface area contributed by atoms with Crippen LogP contribution in [-0.4, -0.2) is 38.4 Å². The summed E-state index contributed by atoms with van der Waals surface area (Å²) < 4.78 is 26.1. The van der Waals surface area contributed by atoms with E-state index in [4.69, 9.17) is 28.5 Å². The number of piperazine rings is 1. The van der Waals surface area contributed by atoms with Crippen LogP contribution in [0.1, 0.15) is 0 Å². The van der Waals surface area contributed by atoms with Crippen LogP contribution in [0.5, 0.6) is 0 Å². The van der Waals surface area contributed by atoms with Crippen LogP contribution in [0.15, 0.2) is 23.1 Å². The molecule has 1 saturated heterocycles. The van der Waals surface area contributed by atoms with Crippen LogP contribution in [0.25, 0.3) is 0 Å². The van der Waals surface area contributed by atoms with Gasteiger partial charge in [0.1, 0.15) is 6.04 Å². The van der Waals surface area contributed by atoms with Crippen LogP contribution >= 0.6 is 23.2 Å². The molecular formula is C11H11Cl2N3O2S. The van der Waals surface area contributed by atoms with Gasteiger partial charge in [-0.3, -0.25) is 0 Å². The lowest BCUT2D eigenvalue weighted by Gasteiger charge is -2.30. The molecule has 1 heterocycles. The topological polar surface area (TPSA) is 73.2 Å². The molecule has 1 aliphatic heterocycles. The zero-order chi connectivity index (χ0) is 14.0. The Bertz CT molecular complexity index is 627. The van der Waals surface area contributed by atoms with Gasteiger partial charge in [-0.05, 0) is 18.2 Å². The van der Waals surface area contributed by atoms with Gasteiger partial charge in [0, 0.05) is 19.6 Å². The van der Waals surface area contributed by atoms with E-state index in [2.05, 4.69) is 5.32 Å². The third-order valence-electron chi connectivity index (χ3n) is 2.84. The first kappa shape index (κ1) is 14.6. The Hall–Kier alpha value is -0.840. The number of nitrogens with one attached hydrogen (secondary N) is 1. The van der Waals surface area contributed by atoms with E-state index in [-0.39, 0.29) is 21.5 Å². The van der Waals surface area contributed by atoms with Crippen LogP contribution in [0.4, 0.5) is 0 Å². The summed E-state index contributed by atoms with van der Waals surface area (Å²) in [6.07, 6.45) is 0. The van der Waals surface area contributed by atoms with E-state index >= 15 is 0 Å². The summed E-state index contributed by atoms with van der Waals surface area (Å²) in [5, 5.41) is 12.5. The predicted octanol–water partition coefficient (Wildman–Crippen LogP) is 1.48. The standard InChI is InChI=1S/C11H11Cl2N3O2S/c12-10-2-1-9(5-11(10)13)19(17,18)16-4-3-15-7-8(16)6-14/h1-2,5,8,15H,3-4,7H2. The Labute approximate surface area is 121 Å². The van der Waals surface area contributed by atoms with Gasteiger partial charge in [0.05, 0.1) is 21.0 Å². The lowest BCUT2D eigenvalue weighted by Crippen LogP contribution is -2.52. The van der Waals surface area contributed by atoms with Crippen molar-refractivity contribution in [1.82, 2.24) is 9.62 Å². The van der Waals surface area contributed by atoms with Crippen LogP contribution in [-0.2, 0) is 10.0 Å². The Morgan fingerprint density at radius 3 is 2.74 bits per heavy atom. The molecular weight excluding hydrogens is 309 g/mol. The molecule has 8 heteroatoms. The van der Waals surface area contributed by atoms with Crippen LogP contribution in [0.3, 0.4) is 0 Å². The number of hydrogen-bond acceptors (Lipinski definition) is 4. The van der Waals surface area contributed by atoms with Crippen molar-refractivity contribution in [2.24, 2.45) is 0 Å². The van der Waals surface area contributed by atoms with Gasteiger partial charge in [0.25, 0.3) is 0 Å². The molecule has 5 nitrogen and oxygen atoms in total. The molecule has 0 aromatic heterocycles. The average molecular weight is 320 g/mol. The van der Waals surface area contributed by atoms with E-state index in [1.807, 2.05) is 6.07 Å². The molecule has 19 heavy (non-hydrogen) atoms. The Morgan fingerprint density at radius 2 is 2.11 bits per heavy atom. The highest BCUT2D eigenvalue weighted by Gasteiger charge is 2.33. The summed E-state index contributed by atoms with van der Waals surface area (Å²) >= 11 is 11.6. The maximum atomic E-state index is 12.5. The number of benzene rings is 1. The first-order valence-electron chi connectivity index (χ1n) is 5.54. The van der Waals surface area contributed by atoms with Gasteiger partial charge in [-0.1, -0.05) is 23.2 Å². The number of halogens is 2. The van der Waals surface area contributed by atoms with Crippen molar-refractivity contribution in [3.63, 3.8) is 0 Å². The molecule has 0 saturated carbocycles. The van der Waals surface area contributed by atoms with E-state index in [0.29, 0.717) is 13.1 Å². The molecule has 1 aromatic carbocycles. The molecule has 1 aromatic rings. The monoisotopic (exact) mass is 319 g/mol. The maximum absolute atomic E-state index is 12.5. The molecule has 1 atom stereocenters. The summed E-state index contributed by atoms with van der Waals surface area (Å²) in [6.45, 7) is 1.08. The zero-order valence-electron chi connectivity index (χ0n) is 9.81. The minimum atomic E-state index is -3.73. The summed E-state index contributed by atoms with van der Waals surface area (Å²) in [7, 11) is -3.73. The summed E-state index contributed by atoms with van der Waals surface area (Å²) in [6, 6.07) is 5.39. The van der Waals surface area contributed by atoms with Gasteiger partial charge in [0.2, 0.25) is 10.0 Å². The van der Waals surface area contributed by atoms with Crippen LogP contribution in [0, 0.1) is 11.3 Å². The second-order valence-corrected chi connectivity index (χ2v) is 6.75. The average Bonchev–Trinajstić information content (AvgIpc) is 2.41. The predicted molar refractivity (Wildman–Crippen MR) is 72.6 cm³/mol. The van der Waals surface area contributed by atoms with E-state index in [1.165, 1.54) is 22.5 Å². The molecule has 102 valence electrons. The second kappa shape index (κ2) is 5.65. The van der Waals surface area contributed by atoms with Crippen molar-refractivity contribution in [2.75, 3.05) is 19.6 Å². The van der Waals surface area contributed by atoms with Crippen molar-refractivity contribution in [3.05, 3.63) is 28.2 Å². The molecule has 1 fully saturated rings. The molecule has 2 rings (SSSR count). The second-order valence-electron chi connectivity index (χ2n) is 4.04. The van der Waals surface area contributed by atoms with Crippen molar-refractivity contribution >= 4 is 33.2 Å². The van der Waals surface area contributed by atoms with E-state index in [9.17, 15) is 8.42 Å². The van der Waals surface area contributed by atoms with Gasteiger partial charge < -0.3 is 5.32 Å². The normalized spacial score (nSPS) is 21.0. The number of nitriles is 1. The number of nitrogens with zero attached hydrogens (tertiary/aromatic N) is 2. The minimum absolute atomic E-state index is 0.0454. The summed E-state index contributed by atoms with van der Waals surface area (Å²) in [5.41, 5.74) is 0. The smallest absolute Gasteiger partial charge is 0.244 e. The van der Waals surface area contributed by atoms with E-state index in [1.54, 1.807) is 0 Å². The third kappa shape index (κ3) is 2.86. The van der Waals surface area contributed by atoms with Crippen LogP contribution < -0.4 is 5.32 Å². The Morgan fingerprint density at radius 1 is 1.37 bits per heavy atom. The lowest BCUT2D eigenvalue weighted by molar-refractivity contribution is 0.312. The van der Waals surface area contributed by atoms with Crippen molar-refractivity contribution in [2.45, 2.75) is 10.9 Å². The molecule has 0 radical (unpaired) electrons. The van der Waals surface area contributed by atoms with Crippen molar-refractivity contribution < 1.29 is 8.42 Å². The first-order chi connectivity index (χ1) is 8.96. The fourth-order valence-corrected chi connectivity index (χ4v) is 3.78. The molecule has 0 amide bonds. The minimum Gasteiger partial charge on any atom is -0.313 e. The highest BCUT2D eigenvalue weighted by atomic mass is 35.5. The molecule has 1 unspecified atom stereocenters. The molecule has 1 aliphatic rings. The Kier molecular flexibility index (Phi) is 4.33. The number of sulfonamides is 1. The van der Waals surface area contributed by atoms with Crippen molar-refractivity contribution in [1.29, 1.82) is 5.26 Å². The molecule has 0 spiro atoms. The number of rotatable bonds is 2.